The van der Waals surface area contributed by atoms with Crippen molar-refractivity contribution < 1.29 is 4.39 Å². The van der Waals surface area contributed by atoms with Gasteiger partial charge in [-0.05, 0) is 31.0 Å². The van der Waals surface area contributed by atoms with Crippen LogP contribution in [-0.2, 0) is 0 Å². The second-order valence-corrected chi connectivity index (χ2v) is 2.04. The van der Waals surface area contributed by atoms with E-state index in [1.807, 2.05) is 13.0 Å². The average Bonchev–Trinajstić information content (AvgIpc) is 1.83. The molecule has 0 heterocycles. The maximum absolute atomic E-state index is 12.5. The largest absolute Gasteiger partial charge is 0.207 e. The molecular weight excluding hydrogens is 115 g/mol. The Labute approximate surface area is 54.3 Å². The lowest BCUT2D eigenvalue weighted by molar-refractivity contribution is 0.621. The fourth-order valence-electron chi connectivity index (χ4n) is 0.666. The van der Waals surface area contributed by atoms with Crippen LogP contribution in [0.4, 0.5) is 4.39 Å². The lowest BCUT2D eigenvalue weighted by atomic mass is 10.1. The number of aryl methyl sites for hydroxylation is 1. The van der Waals surface area contributed by atoms with Gasteiger partial charge in [0, 0.05) is 0 Å². The third-order valence-corrected chi connectivity index (χ3v) is 1.35. The van der Waals surface area contributed by atoms with Crippen LogP contribution in [0.2, 0.25) is 0 Å². The molecule has 0 saturated heterocycles. The summed E-state index contributed by atoms with van der Waals surface area (Å²) in [6.45, 7) is 5.38. The van der Waals surface area contributed by atoms with Crippen molar-refractivity contribution >= 4 is 0 Å². The first-order valence-electron chi connectivity index (χ1n) is 2.79. The predicted octanol–water partition coefficient (Wildman–Crippen LogP) is 2.32. The molecule has 0 aromatic heterocycles. The lowest BCUT2D eigenvalue weighted by Crippen LogP contribution is -1.84. The Morgan fingerprint density at radius 1 is 1.44 bits per heavy atom. The highest BCUT2D eigenvalue weighted by Crippen LogP contribution is 2.09. The van der Waals surface area contributed by atoms with Crippen molar-refractivity contribution in [3.05, 3.63) is 42.1 Å². The minimum atomic E-state index is -0.227. The van der Waals surface area contributed by atoms with Gasteiger partial charge >= 0.3 is 0 Å². The number of halogens is 1. The van der Waals surface area contributed by atoms with E-state index in [0.717, 1.165) is 5.56 Å². The first kappa shape index (κ1) is 6.27. The van der Waals surface area contributed by atoms with Crippen molar-refractivity contribution in [1.29, 1.82) is 0 Å². The third kappa shape index (κ3) is 1.10. The van der Waals surface area contributed by atoms with Gasteiger partial charge in [0.2, 0.25) is 0 Å². The molecule has 47 valence electrons. The zero-order valence-corrected chi connectivity index (χ0v) is 5.32. The van der Waals surface area contributed by atoms with Gasteiger partial charge < -0.3 is 0 Å². The minimum Gasteiger partial charge on any atom is -0.207 e. The van der Waals surface area contributed by atoms with E-state index in [-0.39, 0.29) is 5.82 Å². The van der Waals surface area contributed by atoms with Gasteiger partial charge in [0.25, 0.3) is 0 Å². The molecule has 0 aliphatic rings. The number of hydrogen-bond donors (Lipinski definition) is 0. The van der Waals surface area contributed by atoms with Gasteiger partial charge in [-0.3, -0.25) is 0 Å². The molecule has 0 unspecified atom stereocenters. The monoisotopic (exact) mass is 123 g/mol. The number of benzene rings is 1. The molecule has 1 aromatic rings. The highest BCUT2D eigenvalue weighted by molar-refractivity contribution is 5.29. The summed E-state index contributed by atoms with van der Waals surface area (Å²) in [6.07, 6.45) is 0. The molecule has 0 saturated carbocycles. The molecular formula is C8H8F. The normalized spacial score (nSPS) is 9.67. The maximum atomic E-state index is 12.5. The molecule has 1 aromatic carbocycles. The Hall–Kier alpha value is -0.850. The van der Waals surface area contributed by atoms with Crippen LogP contribution < -0.4 is 0 Å². The number of hydrogen-bond acceptors (Lipinski definition) is 0. The fourth-order valence-corrected chi connectivity index (χ4v) is 0.666. The molecule has 0 bridgehead atoms. The molecule has 1 rings (SSSR count). The van der Waals surface area contributed by atoms with Crippen LogP contribution in [0.25, 0.3) is 0 Å². The lowest BCUT2D eigenvalue weighted by Gasteiger charge is -1.97. The average molecular weight is 123 g/mol. The zero-order valence-electron chi connectivity index (χ0n) is 5.32. The molecule has 0 nitrogen and oxygen atoms in total. The SMILES string of the molecule is [CH2]c1c(C)cccc1F. The molecule has 1 radical (unpaired) electrons. The molecule has 0 spiro atoms. The van der Waals surface area contributed by atoms with E-state index in [1.54, 1.807) is 6.07 Å². The highest BCUT2D eigenvalue weighted by Gasteiger charge is 1.95. The molecule has 1 heteroatoms. The topological polar surface area (TPSA) is 0 Å². The van der Waals surface area contributed by atoms with Crippen molar-refractivity contribution in [3.63, 3.8) is 0 Å². The summed E-state index contributed by atoms with van der Waals surface area (Å²) in [4.78, 5) is 0. The number of rotatable bonds is 0. The van der Waals surface area contributed by atoms with Crippen LogP contribution in [0.15, 0.2) is 18.2 Å². The molecule has 0 amide bonds. The summed E-state index contributed by atoms with van der Waals surface area (Å²) in [5, 5.41) is 0. The zero-order chi connectivity index (χ0) is 6.85. The van der Waals surface area contributed by atoms with E-state index in [2.05, 4.69) is 6.92 Å². The molecule has 0 atom stereocenters. The van der Waals surface area contributed by atoms with Crippen LogP contribution in [0.1, 0.15) is 11.1 Å². The smallest absolute Gasteiger partial charge is 0.126 e. The van der Waals surface area contributed by atoms with Gasteiger partial charge in [0.1, 0.15) is 5.82 Å². The molecule has 0 fully saturated rings. The summed E-state index contributed by atoms with van der Waals surface area (Å²) in [6, 6.07) is 4.93. The van der Waals surface area contributed by atoms with Crippen LogP contribution in [0.5, 0.6) is 0 Å². The quantitative estimate of drug-likeness (QED) is 0.496. The van der Waals surface area contributed by atoms with Crippen molar-refractivity contribution in [3.8, 4) is 0 Å². The third-order valence-electron chi connectivity index (χ3n) is 1.35. The van der Waals surface area contributed by atoms with E-state index in [4.69, 9.17) is 0 Å². The van der Waals surface area contributed by atoms with Crippen molar-refractivity contribution in [2.75, 3.05) is 0 Å². The van der Waals surface area contributed by atoms with Gasteiger partial charge in [-0.25, -0.2) is 4.39 Å². The summed E-state index contributed by atoms with van der Waals surface area (Å²) in [7, 11) is 0. The van der Waals surface area contributed by atoms with Gasteiger partial charge in [-0.15, -0.1) is 0 Å². The van der Waals surface area contributed by atoms with Gasteiger partial charge in [-0.2, -0.15) is 0 Å². The van der Waals surface area contributed by atoms with Gasteiger partial charge in [0.05, 0.1) is 0 Å². The van der Waals surface area contributed by atoms with Crippen LogP contribution in [0.3, 0.4) is 0 Å². The summed E-state index contributed by atoms with van der Waals surface area (Å²) < 4.78 is 12.5. The van der Waals surface area contributed by atoms with E-state index in [1.165, 1.54) is 6.07 Å². The van der Waals surface area contributed by atoms with E-state index in [0.29, 0.717) is 5.56 Å². The summed E-state index contributed by atoms with van der Waals surface area (Å²) >= 11 is 0. The first-order chi connectivity index (χ1) is 4.22. The van der Waals surface area contributed by atoms with Crippen LogP contribution in [-0.4, -0.2) is 0 Å². The Bertz CT molecular complexity index is 196. The molecule has 0 N–H and O–H groups in total. The van der Waals surface area contributed by atoms with E-state index in [9.17, 15) is 4.39 Å². The Morgan fingerprint density at radius 2 is 2.11 bits per heavy atom. The Kier molecular flexibility index (Phi) is 1.52. The summed E-state index contributed by atoms with van der Waals surface area (Å²) in [5.74, 6) is -0.227. The predicted molar refractivity (Wildman–Crippen MR) is 35.6 cm³/mol. The van der Waals surface area contributed by atoms with Crippen molar-refractivity contribution in [2.24, 2.45) is 0 Å². The molecule has 0 aliphatic heterocycles. The van der Waals surface area contributed by atoms with Crippen molar-refractivity contribution in [1.82, 2.24) is 0 Å². The Balaban J connectivity index is 3.25. The molecule has 9 heavy (non-hydrogen) atoms. The highest BCUT2D eigenvalue weighted by atomic mass is 19.1. The fraction of sp³-hybridized carbons (Fsp3) is 0.125. The molecule has 0 aliphatic carbocycles. The van der Waals surface area contributed by atoms with Crippen molar-refractivity contribution in [2.45, 2.75) is 6.92 Å². The first-order valence-corrected chi connectivity index (χ1v) is 2.79. The van der Waals surface area contributed by atoms with Crippen LogP contribution in [0, 0.1) is 19.7 Å². The summed E-state index contributed by atoms with van der Waals surface area (Å²) in [5.41, 5.74) is 1.40. The second-order valence-electron chi connectivity index (χ2n) is 2.04. The minimum absolute atomic E-state index is 0.227. The maximum Gasteiger partial charge on any atom is 0.126 e. The Morgan fingerprint density at radius 3 is 2.56 bits per heavy atom. The van der Waals surface area contributed by atoms with E-state index < -0.39 is 0 Å². The van der Waals surface area contributed by atoms with Crippen LogP contribution >= 0.6 is 0 Å². The van der Waals surface area contributed by atoms with Gasteiger partial charge in [-0.1, -0.05) is 12.1 Å². The van der Waals surface area contributed by atoms with Gasteiger partial charge in [0.15, 0.2) is 0 Å². The van der Waals surface area contributed by atoms with E-state index >= 15 is 0 Å². The second kappa shape index (κ2) is 2.18. The standard InChI is InChI=1S/C8H8F/c1-6-4-3-5-8(9)7(6)2/h3-5H,2H2,1H3.